The minimum absolute atomic E-state index is 0.516. The van der Waals surface area contributed by atoms with E-state index in [1.807, 2.05) is 0 Å². The van der Waals surface area contributed by atoms with Gasteiger partial charge in [0.05, 0.1) is 10.2 Å². The molecular formula is C15H15ClN4S. The molecule has 1 saturated heterocycles. The van der Waals surface area contributed by atoms with Gasteiger partial charge in [0.1, 0.15) is 22.1 Å². The van der Waals surface area contributed by atoms with Gasteiger partial charge in [-0.1, -0.05) is 11.6 Å². The second-order valence-corrected chi connectivity index (χ2v) is 6.83. The zero-order valence-electron chi connectivity index (χ0n) is 11.8. The molecule has 0 aromatic carbocycles. The average Bonchev–Trinajstić information content (AvgIpc) is 2.89. The molecule has 6 heteroatoms. The molecule has 0 unspecified atom stereocenters. The fraction of sp³-hybridized carbons (Fsp3) is 0.400. The first-order chi connectivity index (χ1) is 10.2. The van der Waals surface area contributed by atoms with Crippen molar-refractivity contribution in [2.75, 3.05) is 18.0 Å². The van der Waals surface area contributed by atoms with Gasteiger partial charge >= 0.3 is 0 Å². The number of hydrogen-bond acceptors (Lipinski definition) is 5. The molecule has 1 aliphatic rings. The van der Waals surface area contributed by atoms with Gasteiger partial charge in [0.2, 0.25) is 0 Å². The topological polar surface area (TPSA) is 41.9 Å². The highest BCUT2D eigenvalue weighted by Crippen LogP contribution is 2.37. The number of aromatic nitrogens is 3. The first-order valence-electron chi connectivity index (χ1n) is 7.19. The number of thiophene rings is 1. The standard InChI is InChI=1S/C15H15ClN4S/c1-9-7-10(20-5-3-2-4-6-20)19-15-11(9)12-13(21-15)14(16)18-8-17-12/h7-8H,2-6H2,1H3. The quantitative estimate of drug-likeness (QED) is 0.631. The van der Waals surface area contributed by atoms with Crippen molar-refractivity contribution < 1.29 is 0 Å². The molecule has 4 nitrogen and oxygen atoms in total. The van der Waals surface area contributed by atoms with Crippen LogP contribution in [0.1, 0.15) is 24.8 Å². The summed E-state index contributed by atoms with van der Waals surface area (Å²) in [6.07, 6.45) is 5.35. The van der Waals surface area contributed by atoms with E-state index in [0.29, 0.717) is 5.15 Å². The van der Waals surface area contributed by atoms with Gasteiger partial charge in [0.25, 0.3) is 0 Å². The maximum Gasteiger partial charge on any atom is 0.150 e. The minimum atomic E-state index is 0.516. The largest absolute Gasteiger partial charge is 0.357 e. The fourth-order valence-electron chi connectivity index (χ4n) is 2.99. The van der Waals surface area contributed by atoms with Crippen LogP contribution in [0.5, 0.6) is 0 Å². The summed E-state index contributed by atoms with van der Waals surface area (Å²) in [5.74, 6) is 1.08. The van der Waals surface area contributed by atoms with Gasteiger partial charge in [0, 0.05) is 18.5 Å². The molecule has 0 bridgehead atoms. The maximum absolute atomic E-state index is 6.19. The van der Waals surface area contributed by atoms with Gasteiger partial charge in [-0.05, 0) is 37.8 Å². The molecule has 108 valence electrons. The van der Waals surface area contributed by atoms with E-state index in [9.17, 15) is 0 Å². The fourth-order valence-corrected chi connectivity index (χ4v) is 4.32. The molecule has 4 heterocycles. The third-order valence-electron chi connectivity index (χ3n) is 4.05. The van der Waals surface area contributed by atoms with Crippen LogP contribution in [0.4, 0.5) is 5.82 Å². The van der Waals surface area contributed by atoms with Crippen molar-refractivity contribution in [2.45, 2.75) is 26.2 Å². The number of pyridine rings is 1. The van der Waals surface area contributed by atoms with Gasteiger partial charge in [-0.3, -0.25) is 0 Å². The monoisotopic (exact) mass is 318 g/mol. The van der Waals surface area contributed by atoms with Crippen molar-refractivity contribution in [1.29, 1.82) is 0 Å². The smallest absolute Gasteiger partial charge is 0.150 e. The van der Waals surface area contributed by atoms with Gasteiger partial charge in [-0.15, -0.1) is 11.3 Å². The van der Waals surface area contributed by atoms with Crippen LogP contribution in [0.2, 0.25) is 5.15 Å². The number of anilines is 1. The Kier molecular flexibility index (Phi) is 3.19. The molecule has 1 aliphatic heterocycles. The highest BCUT2D eigenvalue weighted by atomic mass is 35.5. The summed E-state index contributed by atoms with van der Waals surface area (Å²) in [5, 5.41) is 1.63. The first-order valence-corrected chi connectivity index (χ1v) is 8.39. The lowest BCUT2D eigenvalue weighted by Crippen LogP contribution is -2.30. The van der Waals surface area contributed by atoms with Gasteiger partial charge < -0.3 is 4.90 Å². The Morgan fingerprint density at radius 1 is 1.19 bits per heavy atom. The van der Waals surface area contributed by atoms with E-state index in [4.69, 9.17) is 16.6 Å². The minimum Gasteiger partial charge on any atom is -0.357 e. The number of fused-ring (bicyclic) bond motifs is 3. The zero-order valence-corrected chi connectivity index (χ0v) is 13.3. The lowest BCUT2D eigenvalue weighted by atomic mass is 10.1. The lowest BCUT2D eigenvalue weighted by Gasteiger charge is -2.28. The average molecular weight is 319 g/mol. The highest BCUT2D eigenvalue weighted by molar-refractivity contribution is 7.26. The van der Waals surface area contributed by atoms with E-state index in [2.05, 4.69) is 27.9 Å². The summed E-state index contributed by atoms with van der Waals surface area (Å²) in [7, 11) is 0. The van der Waals surface area contributed by atoms with Gasteiger partial charge in [0.15, 0.2) is 0 Å². The van der Waals surface area contributed by atoms with Gasteiger partial charge in [-0.25, -0.2) is 15.0 Å². The summed E-state index contributed by atoms with van der Waals surface area (Å²) < 4.78 is 0.931. The van der Waals surface area contributed by atoms with E-state index in [1.54, 1.807) is 11.3 Å². The van der Waals surface area contributed by atoms with Crippen molar-refractivity contribution in [2.24, 2.45) is 0 Å². The second-order valence-electron chi connectivity index (χ2n) is 5.47. The summed E-state index contributed by atoms with van der Waals surface area (Å²) in [6.45, 7) is 4.33. The molecule has 21 heavy (non-hydrogen) atoms. The Morgan fingerprint density at radius 2 is 2.00 bits per heavy atom. The predicted molar refractivity (Wildman–Crippen MR) is 88.5 cm³/mol. The Morgan fingerprint density at radius 3 is 2.81 bits per heavy atom. The maximum atomic E-state index is 6.19. The number of nitrogens with zero attached hydrogens (tertiary/aromatic N) is 4. The second kappa shape index (κ2) is 5.07. The van der Waals surface area contributed by atoms with Crippen molar-refractivity contribution in [3.8, 4) is 0 Å². The Bertz CT molecular complexity index is 823. The van der Waals surface area contributed by atoms with E-state index in [-0.39, 0.29) is 0 Å². The normalized spacial score (nSPS) is 16.0. The SMILES string of the molecule is Cc1cc(N2CCCCC2)nc2sc3c(Cl)ncnc3c12. The number of aryl methyl sites for hydroxylation is 1. The lowest BCUT2D eigenvalue weighted by molar-refractivity contribution is 0.574. The molecule has 1 fully saturated rings. The van der Waals surface area contributed by atoms with E-state index >= 15 is 0 Å². The molecule has 0 amide bonds. The van der Waals surface area contributed by atoms with E-state index < -0.39 is 0 Å². The molecule has 0 atom stereocenters. The number of halogens is 1. The highest BCUT2D eigenvalue weighted by Gasteiger charge is 2.17. The van der Waals surface area contributed by atoms with Crippen molar-refractivity contribution in [1.82, 2.24) is 15.0 Å². The molecule has 4 rings (SSSR count). The number of piperidine rings is 1. The molecule has 0 N–H and O–H groups in total. The van der Waals surface area contributed by atoms with Crippen LogP contribution in [0, 0.1) is 6.92 Å². The summed E-state index contributed by atoms with van der Waals surface area (Å²) in [4.78, 5) is 16.7. The van der Waals surface area contributed by atoms with Crippen molar-refractivity contribution in [3.05, 3.63) is 23.1 Å². The predicted octanol–water partition coefficient (Wildman–Crippen LogP) is 4.19. The summed E-state index contributed by atoms with van der Waals surface area (Å²) in [5.41, 5.74) is 2.13. The van der Waals surface area contributed by atoms with Crippen LogP contribution in [0.3, 0.4) is 0 Å². The molecule has 0 spiro atoms. The first kappa shape index (κ1) is 13.2. The van der Waals surface area contributed by atoms with Crippen molar-refractivity contribution >= 4 is 49.2 Å². The van der Waals surface area contributed by atoms with E-state index in [0.717, 1.165) is 39.3 Å². The third-order valence-corrected chi connectivity index (χ3v) is 5.52. The Balaban J connectivity index is 1.93. The Labute approximate surface area is 131 Å². The molecule has 3 aromatic rings. The summed E-state index contributed by atoms with van der Waals surface area (Å²) in [6, 6.07) is 2.18. The number of rotatable bonds is 1. The van der Waals surface area contributed by atoms with Gasteiger partial charge in [-0.2, -0.15) is 0 Å². The van der Waals surface area contributed by atoms with Crippen molar-refractivity contribution in [3.63, 3.8) is 0 Å². The third kappa shape index (κ3) is 2.15. The number of hydrogen-bond donors (Lipinski definition) is 0. The van der Waals surface area contributed by atoms with E-state index in [1.165, 1.54) is 31.2 Å². The zero-order chi connectivity index (χ0) is 14.4. The molecule has 0 aliphatic carbocycles. The molecule has 0 radical (unpaired) electrons. The van der Waals surface area contributed by atoms with Crippen LogP contribution in [-0.2, 0) is 0 Å². The molecule has 3 aromatic heterocycles. The molecule has 0 saturated carbocycles. The Hall–Kier alpha value is -1.46. The molecular weight excluding hydrogens is 304 g/mol. The van der Waals surface area contributed by atoms with Crippen LogP contribution < -0.4 is 4.90 Å². The van der Waals surface area contributed by atoms with Crippen LogP contribution in [-0.4, -0.2) is 28.0 Å². The van der Waals surface area contributed by atoms with Crippen LogP contribution in [0.15, 0.2) is 12.4 Å². The van der Waals surface area contributed by atoms with Crippen LogP contribution >= 0.6 is 22.9 Å². The summed E-state index contributed by atoms with van der Waals surface area (Å²) >= 11 is 7.78. The van der Waals surface area contributed by atoms with Crippen LogP contribution in [0.25, 0.3) is 20.4 Å².